The fourth-order valence-corrected chi connectivity index (χ4v) is 6.08. The Morgan fingerprint density at radius 2 is 1.14 bits per heavy atom. The van der Waals surface area contributed by atoms with Gasteiger partial charge in [0.25, 0.3) is 0 Å². The summed E-state index contributed by atoms with van der Waals surface area (Å²) in [4.78, 5) is 0. The van der Waals surface area contributed by atoms with Crippen molar-refractivity contribution in [3.8, 4) is 0 Å². The molecule has 1 atom stereocenters. The lowest BCUT2D eigenvalue weighted by Gasteiger charge is -2.07. The average molecular weight is 354 g/mol. The monoisotopic (exact) mass is 353 g/mol. The molecule has 0 amide bonds. The summed E-state index contributed by atoms with van der Waals surface area (Å²) in [7, 11) is -3.31. The van der Waals surface area contributed by atoms with Gasteiger partial charge in [-0.25, -0.2) is 0 Å². The third-order valence-corrected chi connectivity index (χ3v) is 7.60. The molecule has 0 aromatic rings. The van der Waals surface area contributed by atoms with Crippen LogP contribution in [0.15, 0.2) is 0 Å². The van der Waals surface area contributed by atoms with Crippen molar-refractivity contribution in [1.29, 1.82) is 0 Å². The van der Waals surface area contributed by atoms with E-state index >= 15 is 0 Å². The molecule has 0 saturated heterocycles. The fraction of sp³-hybridized carbons (Fsp3) is 1.00. The van der Waals surface area contributed by atoms with E-state index in [1.54, 1.807) is 0 Å². The van der Waals surface area contributed by atoms with Crippen molar-refractivity contribution in [2.75, 3.05) is 17.3 Å². The summed E-state index contributed by atoms with van der Waals surface area (Å²) < 4.78 is 29.3. The van der Waals surface area contributed by atoms with Gasteiger partial charge >= 0.3 is 10.1 Å². The van der Waals surface area contributed by atoms with Crippen LogP contribution in [0.5, 0.6) is 0 Å². The molecule has 134 valence electrons. The molecule has 0 aliphatic carbocycles. The van der Waals surface area contributed by atoms with Crippen LogP contribution in [0.3, 0.4) is 0 Å². The Hall–Kier alpha value is 0.260. The van der Waals surface area contributed by atoms with Crippen molar-refractivity contribution in [2.45, 2.75) is 91.4 Å². The summed E-state index contributed by atoms with van der Waals surface area (Å²) >= 11 is -0.394. The molecule has 0 saturated carbocycles. The number of unbranched alkanes of at least 4 members (excludes halogenated alkanes) is 8. The third kappa shape index (κ3) is 13.9. The molecule has 0 aliphatic heterocycles. The maximum absolute atomic E-state index is 11.9. The zero-order valence-electron chi connectivity index (χ0n) is 14.9. The van der Waals surface area contributed by atoms with Gasteiger partial charge in [-0.3, -0.25) is 0 Å². The van der Waals surface area contributed by atoms with Gasteiger partial charge in [0.2, 0.25) is 0 Å². The summed E-state index contributed by atoms with van der Waals surface area (Å²) in [6, 6.07) is 0. The first-order valence-electron chi connectivity index (χ1n) is 9.15. The lowest BCUT2D eigenvalue weighted by molar-refractivity contribution is 0.508. The van der Waals surface area contributed by atoms with Crippen molar-refractivity contribution in [3.63, 3.8) is 0 Å². The number of rotatable bonds is 16. The van der Waals surface area contributed by atoms with Crippen LogP contribution in [0.4, 0.5) is 0 Å². The molecule has 0 aliphatic rings. The molecule has 0 aromatic carbocycles. The van der Waals surface area contributed by atoms with Gasteiger partial charge in [0.15, 0.2) is 11.2 Å². The minimum absolute atomic E-state index is 0.155. The highest BCUT2D eigenvalue weighted by atomic mass is 32.3. The second-order valence-electron chi connectivity index (χ2n) is 6.01. The standard InChI is InChI=1S/C17H37O3S2/c1-4-7-9-11-12-14-16-21(15-13-10-8-5-2)20-22(18,19)17-6-3/h4-17H2,1-3H3/q+1. The van der Waals surface area contributed by atoms with E-state index in [1.807, 2.05) is 6.92 Å². The Kier molecular flexibility index (Phi) is 15.0. The van der Waals surface area contributed by atoms with Crippen LogP contribution in [-0.4, -0.2) is 25.7 Å². The van der Waals surface area contributed by atoms with Crippen LogP contribution in [-0.2, 0) is 24.9 Å². The molecular weight excluding hydrogens is 316 g/mol. The van der Waals surface area contributed by atoms with Crippen molar-refractivity contribution < 1.29 is 12.0 Å². The van der Waals surface area contributed by atoms with Crippen LogP contribution in [0, 0.1) is 0 Å². The van der Waals surface area contributed by atoms with Gasteiger partial charge in [0.05, 0.1) is 5.75 Å². The van der Waals surface area contributed by atoms with E-state index in [0.29, 0.717) is 6.42 Å². The summed E-state index contributed by atoms with van der Waals surface area (Å²) in [5.41, 5.74) is 0. The van der Waals surface area contributed by atoms with E-state index in [2.05, 4.69) is 13.8 Å². The van der Waals surface area contributed by atoms with Gasteiger partial charge < -0.3 is 0 Å². The largest absolute Gasteiger partial charge is 0.311 e. The summed E-state index contributed by atoms with van der Waals surface area (Å²) in [6.07, 6.45) is 12.8. The average Bonchev–Trinajstić information content (AvgIpc) is 2.46. The first-order chi connectivity index (χ1) is 10.6. The minimum Gasteiger partial charge on any atom is -0.195 e. The Bertz CT molecular complexity index is 329. The van der Waals surface area contributed by atoms with Crippen LogP contribution in [0.2, 0.25) is 0 Å². The molecule has 0 aromatic heterocycles. The third-order valence-electron chi connectivity index (χ3n) is 3.61. The summed E-state index contributed by atoms with van der Waals surface area (Å²) in [6.45, 7) is 6.30. The van der Waals surface area contributed by atoms with Gasteiger partial charge in [-0.1, -0.05) is 59.3 Å². The molecule has 0 heterocycles. The van der Waals surface area contributed by atoms with E-state index in [-0.39, 0.29) is 5.75 Å². The molecule has 0 fully saturated rings. The first-order valence-corrected chi connectivity index (χ1v) is 12.2. The highest BCUT2D eigenvalue weighted by molar-refractivity contribution is 8.02. The molecule has 0 rings (SSSR count). The van der Waals surface area contributed by atoms with Gasteiger partial charge in [-0.15, -0.1) is 0 Å². The van der Waals surface area contributed by atoms with Crippen molar-refractivity contribution in [2.24, 2.45) is 0 Å². The lowest BCUT2D eigenvalue weighted by atomic mass is 10.1. The van der Waals surface area contributed by atoms with Gasteiger partial charge in [-0.05, 0) is 35.7 Å². The maximum Gasteiger partial charge on any atom is 0.311 e. The van der Waals surface area contributed by atoms with Crippen molar-refractivity contribution in [1.82, 2.24) is 0 Å². The molecule has 1 unspecified atom stereocenters. The summed E-state index contributed by atoms with van der Waals surface area (Å²) in [5, 5.41) is 0. The topological polar surface area (TPSA) is 43.4 Å². The molecule has 0 spiro atoms. The molecule has 0 N–H and O–H groups in total. The molecular formula is C17H37O3S2+. The Labute approximate surface area is 142 Å². The SMILES string of the molecule is CCCCCCCC[S+](CCCCCC)OS(=O)(=O)CCC. The quantitative estimate of drug-likeness (QED) is 0.282. The van der Waals surface area contributed by atoms with Gasteiger partial charge in [0, 0.05) is 0 Å². The molecule has 5 heteroatoms. The first kappa shape index (κ1) is 22.3. The van der Waals surface area contributed by atoms with Crippen LogP contribution < -0.4 is 0 Å². The summed E-state index contributed by atoms with van der Waals surface area (Å²) in [5.74, 6) is 1.99. The molecule has 3 nitrogen and oxygen atoms in total. The van der Waals surface area contributed by atoms with Crippen LogP contribution in [0.1, 0.15) is 91.4 Å². The van der Waals surface area contributed by atoms with E-state index in [4.69, 9.17) is 3.63 Å². The van der Waals surface area contributed by atoms with E-state index in [9.17, 15) is 8.42 Å². The van der Waals surface area contributed by atoms with Crippen molar-refractivity contribution in [3.05, 3.63) is 0 Å². The highest BCUT2D eigenvalue weighted by Crippen LogP contribution is 2.15. The normalized spacial score (nSPS) is 13.4. The minimum atomic E-state index is -3.31. The predicted molar refractivity (Wildman–Crippen MR) is 99.8 cm³/mol. The van der Waals surface area contributed by atoms with E-state index in [1.165, 1.54) is 51.4 Å². The number of hydrogen-bond acceptors (Lipinski definition) is 3. The molecule has 0 bridgehead atoms. The second kappa shape index (κ2) is 14.8. The van der Waals surface area contributed by atoms with Gasteiger partial charge in [-0.2, -0.15) is 8.42 Å². The maximum atomic E-state index is 11.9. The zero-order valence-corrected chi connectivity index (χ0v) is 16.6. The van der Waals surface area contributed by atoms with E-state index in [0.717, 1.165) is 24.3 Å². The Balaban J connectivity index is 4.10. The highest BCUT2D eigenvalue weighted by Gasteiger charge is 2.28. The lowest BCUT2D eigenvalue weighted by Crippen LogP contribution is -2.22. The van der Waals surface area contributed by atoms with Gasteiger partial charge in [0.1, 0.15) is 11.5 Å². The molecule has 22 heavy (non-hydrogen) atoms. The van der Waals surface area contributed by atoms with Crippen molar-refractivity contribution >= 4 is 21.3 Å². The molecule has 0 radical (unpaired) electrons. The van der Waals surface area contributed by atoms with Crippen LogP contribution >= 0.6 is 0 Å². The fourth-order valence-electron chi connectivity index (χ4n) is 2.33. The Morgan fingerprint density at radius 3 is 1.64 bits per heavy atom. The second-order valence-corrected chi connectivity index (χ2v) is 9.77. The Morgan fingerprint density at radius 1 is 0.682 bits per heavy atom. The van der Waals surface area contributed by atoms with E-state index < -0.39 is 21.3 Å². The smallest absolute Gasteiger partial charge is 0.195 e. The van der Waals surface area contributed by atoms with Crippen LogP contribution in [0.25, 0.3) is 0 Å². The number of hydrogen-bond donors (Lipinski definition) is 0. The predicted octanol–water partition coefficient (Wildman–Crippen LogP) is 5.22. The zero-order chi connectivity index (χ0) is 16.7.